The molecule has 1 N–H and O–H groups in total. The smallest absolute Gasteiger partial charge is 0.131 e. The quantitative estimate of drug-likeness (QED) is 0.865. The fourth-order valence-electron chi connectivity index (χ4n) is 2.80. The molecule has 0 unspecified atom stereocenters. The van der Waals surface area contributed by atoms with Gasteiger partial charge in [-0.3, -0.25) is 0 Å². The van der Waals surface area contributed by atoms with Crippen LogP contribution in [-0.4, -0.2) is 13.1 Å². The molecule has 0 aliphatic carbocycles. The van der Waals surface area contributed by atoms with Gasteiger partial charge in [0.25, 0.3) is 0 Å². The molecule has 0 spiro atoms. The summed E-state index contributed by atoms with van der Waals surface area (Å²) in [6, 6.07) is 17.2. The van der Waals surface area contributed by atoms with Crippen LogP contribution in [-0.2, 0) is 0 Å². The summed E-state index contributed by atoms with van der Waals surface area (Å²) in [6.45, 7) is 1.94. The summed E-state index contributed by atoms with van der Waals surface area (Å²) >= 11 is 0. The highest BCUT2D eigenvalue weighted by atomic mass is 35.5. The van der Waals surface area contributed by atoms with Crippen molar-refractivity contribution in [2.75, 3.05) is 13.1 Å². The first-order chi connectivity index (χ1) is 9.86. The fraction of sp³-hybridized carbons (Fsp3) is 0.222. The topological polar surface area (TPSA) is 12.0 Å². The summed E-state index contributed by atoms with van der Waals surface area (Å²) in [5.41, 5.74) is 4.25. The van der Waals surface area contributed by atoms with E-state index in [1.54, 1.807) is 12.1 Å². The first-order valence-electron chi connectivity index (χ1n) is 7.09. The number of benzene rings is 2. The third-order valence-corrected chi connectivity index (χ3v) is 3.77. The van der Waals surface area contributed by atoms with Crippen LogP contribution in [0.4, 0.5) is 4.39 Å². The van der Waals surface area contributed by atoms with Gasteiger partial charge in [-0.2, -0.15) is 0 Å². The normalized spacial score (nSPS) is 14.4. The molecule has 0 saturated carbocycles. The lowest BCUT2D eigenvalue weighted by atomic mass is 9.88. The van der Waals surface area contributed by atoms with Gasteiger partial charge in [0.2, 0.25) is 0 Å². The third kappa shape index (κ3) is 3.52. The monoisotopic (exact) mass is 303 g/mol. The van der Waals surface area contributed by atoms with Crippen molar-refractivity contribution in [3.8, 4) is 0 Å². The van der Waals surface area contributed by atoms with E-state index in [2.05, 4.69) is 17.4 Å². The molecule has 0 amide bonds. The average Bonchev–Trinajstić information content (AvgIpc) is 2.52. The molecule has 1 fully saturated rings. The lowest BCUT2D eigenvalue weighted by molar-refractivity contribution is 0.607. The van der Waals surface area contributed by atoms with E-state index < -0.39 is 0 Å². The van der Waals surface area contributed by atoms with Crippen molar-refractivity contribution in [3.05, 3.63) is 77.1 Å². The Morgan fingerprint density at radius 2 is 1.48 bits per heavy atom. The van der Waals surface area contributed by atoms with Crippen LogP contribution < -0.4 is 5.32 Å². The molecule has 21 heavy (non-hydrogen) atoms. The minimum Gasteiger partial charge on any atom is -0.316 e. The van der Waals surface area contributed by atoms with Gasteiger partial charge in [-0.15, -0.1) is 12.4 Å². The van der Waals surface area contributed by atoms with Crippen LogP contribution in [0.3, 0.4) is 0 Å². The van der Waals surface area contributed by atoms with Gasteiger partial charge >= 0.3 is 0 Å². The van der Waals surface area contributed by atoms with E-state index in [0.717, 1.165) is 42.6 Å². The summed E-state index contributed by atoms with van der Waals surface area (Å²) in [5.74, 6) is -0.141. The first kappa shape index (κ1) is 15.7. The van der Waals surface area contributed by atoms with Gasteiger partial charge in [0.1, 0.15) is 5.82 Å². The van der Waals surface area contributed by atoms with Crippen molar-refractivity contribution < 1.29 is 4.39 Å². The Morgan fingerprint density at radius 1 is 0.857 bits per heavy atom. The second-order valence-electron chi connectivity index (χ2n) is 5.07. The maximum Gasteiger partial charge on any atom is 0.131 e. The van der Waals surface area contributed by atoms with Gasteiger partial charge in [0.05, 0.1) is 0 Å². The van der Waals surface area contributed by atoms with E-state index in [-0.39, 0.29) is 18.2 Å². The Kier molecular flexibility index (Phi) is 5.54. The van der Waals surface area contributed by atoms with Crippen LogP contribution in [0, 0.1) is 5.82 Å². The zero-order valence-electron chi connectivity index (χ0n) is 11.8. The van der Waals surface area contributed by atoms with Crippen molar-refractivity contribution in [2.45, 2.75) is 12.8 Å². The van der Waals surface area contributed by atoms with E-state index in [1.165, 1.54) is 5.57 Å². The molecule has 1 aliphatic heterocycles. The van der Waals surface area contributed by atoms with Crippen LogP contribution in [0.2, 0.25) is 0 Å². The second-order valence-corrected chi connectivity index (χ2v) is 5.07. The third-order valence-electron chi connectivity index (χ3n) is 3.77. The summed E-state index contributed by atoms with van der Waals surface area (Å²) in [5, 5.41) is 3.36. The predicted molar refractivity (Wildman–Crippen MR) is 88.2 cm³/mol. The molecule has 2 aromatic carbocycles. The van der Waals surface area contributed by atoms with Crippen LogP contribution in [0.5, 0.6) is 0 Å². The highest BCUT2D eigenvalue weighted by Crippen LogP contribution is 2.32. The van der Waals surface area contributed by atoms with Gasteiger partial charge in [0, 0.05) is 5.56 Å². The number of rotatable bonds is 2. The molecule has 0 atom stereocenters. The van der Waals surface area contributed by atoms with Crippen LogP contribution in [0.1, 0.15) is 24.0 Å². The predicted octanol–water partition coefficient (Wildman–Crippen LogP) is 4.43. The molecule has 0 radical (unpaired) electrons. The number of halogens is 2. The molecule has 3 rings (SSSR count). The Labute approximate surface area is 131 Å². The molecular formula is C18H19ClFN. The summed E-state index contributed by atoms with van der Waals surface area (Å²) in [6.07, 6.45) is 1.97. The van der Waals surface area contributed by atoms with E-state index >= 15 is 0 Å². The maximum absolute atomic E-state index is 14.2. The average molecular weight is 304 g/mol. The summed E-state index contributed by atoms with van der Waals surface area (Å²) < 4.78 is 14.2. The van der Waals surface area contributed by atoms with Crippen molar-refractivity contribution in [3.63, 3.8) is 0 Å². The minimum absolute atomic E-state index is 0. The van der Waals surface area contributed by atoms with E-state index in [0.29, 0.717) is 0 Å². The minimum atomic E-state index is -0.141. The molecule has 0 aromatic heterocycles. The highest BCUT2D eigenvalue weighted by molar-refractivity contribution is 5.85. The van der Waals surface area contributed by atoms with Crippen molar-refractivity contribution in [2.24, 2.45) is 0 Å². The molecule has 1 aliphatic rings. The number of nitrogens with one attached hydrogen (secondary N) is 1. The lowest BCUT2D eigenvalue weighted by Gasteiger charge is -2.21. The van der Waals surface area contributed by atoms with Crippen molar-refractivity contribution >= 4 is 18.0 Å². The maximum atomic E-state index is 14.2. The fourth-order valence-corrected chi connectivity index (χ4v) is 2.80. The van der Waals surface area contributed by atoms with E-state index in [9.17, 15) is 4.39 Å². The standard InChI is InChI=1S/C18H18FN.ClH/c19-17-9-5-4-8-16(17)18(14-6-2-1-3-7-14)15-10-12-20-13-11-15;/h1-9,20H,10-13H2;1H. The highest BCUT2D eigenvalue weighted by Gasteiger charge is 2.16. The molecule has 110 valence electrons. The van der Waals surface area contributed by atoms with Crippen molar-refractivity contribution in [1.29, 1.82) is 0 Å². The number of hydrogen-bond acceptors (Lipinski definition) is 1. The van der Waals surface area contributed by atoms with Gasteiger partial charge in [-0.05, 0) is 43.1 Å². The van der Waals surface area contributed by atoms with Gasteiger partial charge in [0.15, 0.2) is 0 Å². The van der Waals surface area contributed by atoms with Gasteiger partial charge in [-0.25, -0.2) is 4.39 Å². The molecular weight excluding hydrogens is 285 g/mol. The largest absolute Gasteiger partial charge is 0.316 e. The Bertz CT molecular complexity index is 614. The van der Waals surface area contributed by atoms with E-state index in [1.807, 2.05) is 30.3 Å². The SMILES string of the molecule is Cl.Fc1ccccc1C(=C1CCNCC1)c1ccccc1. The Morgan fingerprint density at radius 3 is 2.14 bits per heavy atom. The number of piperidine rings is 1. The zero-order valence-corrected chi connectivity index (χ0v) is 12.6. The van der Waals surface area contributed by atoms with Crippen molar-refractivity contribution in [1.82, 2.24) is 5.32 Å². The van der Waals surface area contributed by atoms with Crippen LogP contribution in [0.25, 0.3) is 5.57 Å². The Balaban J connectivity index is 0.00000161. The van der Waals surface area contributed by atoms with Gasteiger partial charge < -0.3 is 5.32 Å². The summed E-state index contributed by atoms with van der Waals surface area (Å²) in [4.78, 5) is 0. The molecule has 1 heterocycles. The Hall–Kier alpha value is -1.64. The van der Waals surface area contributed by atoms with Gasteiger partial charge in [-0.1, -0.05) is 54.1 Å². The zero-order chi connectivity index (χ0) is 13.8. The second kappa shape index (κ2) is 7.39. The molecule has 2 aromatic rings. The number of hydrogen-bond donors (Lipinski definition) is 1. The molecule has 3 heteroatoms. The molecule has 1 nitrogen and oxygen atoms in total. The molecule has 1 saturated heterocycles. The lowest BCUT2D eigenvalue weighted by Crippen LogP contribution is -2.24. The summed E-state index contributed by atoms with van der Waals surface area (Å²) in [7, 11) is 0. The van der Waals surface area contributed by atoms with E-state index in [4.69, 9.17) is 0 Å². The molecule has 0 bridgehead atoms. The van der Waals surface area contributed by atoms with Crippen LogP contribution >= 0.6 is 12.4 Å². The first-order valence-corrected chi connectivity index (χ1v) is 7.09. The van der Waals surface area contributed by atoms with Crippen LogP contribution in [0.15, 0.2) is 60.2 Å².